The first-order valence-corrected chi connectivity index (χ1v) is 6.44. The average Bonchev–Trinajstić information content (AvgIpc) is 2.97. The number of hydrogen-bond donors (Lipinski definition) is 0. The topological polar surface area (TPSA) is 55.8 Å². The van der Waals surface area contributed by atoms with E-state index < -0.39 is 0 Å². The van der Waals surface area contributed by atoms with Crippen LogP contribution in [0.1, 0.15) is 20.3 Å². The minimum absolute atomic E-state index is 0.241. The van der Waals surface area contributed by atoms with Crippen molar-refractivity contribution >= 4 is 11.8 Å². The molecule has 0 saturated carbocycles. The molecule has 18 heavy (non-hydrogen) atoms. The van der Waals surface area contributed by atoms with Crippen LogP contribution in [0.2, 0.25) is 0 Å². The van der Waals surface area contributed by atoms with E-state index in [1.165, 1.54) is 0 Å². The SMILES string of the molecule is CC(C)CCON1C(=O)[C@H]2[C@H](C1=O)[C@H]1C=C[C@H]2O1. The molecule has 0 unspecified atom stereocenters. The Morgan fingerprint density at radius 3 is 2.28 bits per heavy atom. The van der Waals surface area contributed by atoms with E-state index in [1.807, 2.05) is 12.2 Å². The van der Waals surface area contributed by atoms with Crippen molar-refractivity contribution in [3.63, 3.8) is 0 Å². The lowest BCUT2D eigenvalue weighted by Gasteiger charge is -2.17. The number of rotatable bonds is 4. The number of hydrogen-bond acceptors (Lipinski definition) is 4. The summed E-state index contributed by atoms with van der Waals surface area (Å²) in [5, 5.41) is 0.966. The second-order valence-corrected chi connectivity index (χ2v) is 5.49. The molecular formula is C13H17NO4. The number of carbonyl (C=O) groups is 2. The van der Waals surface area contributed by atoms with Crippen molar-refractivity contribution in [1.29, 1.82) is 0 Å². The number of hydroxylamine groups is 2. The van der Waals surface area contributed by atoms with Crippen LogP contribution in [0.25, 0.3) is 0 Å². The highest BCUT2D eigenvalue weighted by Gasteiger charge is 2.61. The summed E-state index contributed by atoms with van der Waals surface area (Å²) in [6.45, 7) is 4.55. The second kappa shape index (κ2) is 4.17. The Morgan fingerprint density at radius 2 is 1.78 bits per heavy atom. The van der Waals surface area contributed by atoms with Crippen LogP contribution < -0.4 is 0 Å². The van der Waals surface area contributed by atoms with E-state index in [4.69, 9.17) is 9.57 Å². The zero-order valence-electron chi connectivity index (χ0n) is 10.5. The number of imide groups is 1. The fourth-order valence-corrected chi connectivity index (χ4v) is 2.78. The summed E-state index contributed by atoms with van der Waals surface area (Å²) >= 11 is 0. The summed E-state index contributed by atoms with van der Waals surface area (Å²) in [6, 6.07) is 0. The Labute approximate surface area is 106 Å². The van der Waals surface area contributed by atoms with Crippen molar-refractivity contribution in [2.45, 2.75) is 32.5 Å². The smallest absolute Gasteiger partial charge is 0.260 e. The molecule has 0 N–H and O–H groups in total. The molecule has 4 atom stereocenters. The van der Waals surface area contributed by atoms with Gasteiger partial charge in [-0.2, -0.15) is 5.06 Å². The summed E-state index contributed by atoms with van der Waals surface area (Å²) in [5.74, 6) is -0.743. The lowest BCUT2D eigenvalue weighted by Crippen LogP contribution is -2.35. The summed E-state index contributed by atoms with van der Waals surface area (Å²) in [6.07, 6.45) is 4.09. The van der Waals surface area contributed by atoms with Crippen LogP contribution >= 0.6 is 0 Å². The second-order valence-electron chi connectivity index (χ2n) is 5.49. The maximum atomic E-state index is 12.1. The van der Waals surface area contributed by atoms with Gasteiger partial charge >= 0.3 is 0 Å². The third-order valence-electron chi connectivity index (χ3n) is 3.79. The van der Waals surface area contributed by atoms with E-state index in [2.05, 4.69) is 13.8 Å². The molecule has 0 aromatic rings. The summed E-state index contributed by atoms with van der Waals surface area (Å²) in [7, 11) is 0. The molecule has 2 fully saturated rings. The van der Waals surface area contributed by atoms with Crippen LogP contribution in [0, 0.1) is 17.8 Å². The Hall–Kier alpha value is -1.20. The number of carbonyl (C=O) groups excluding carboxylic acids is 2. The summed E-state index contributed by atoms with van der Waals surface area (Å²) in [4.78, 5) is 29.6. The number of amides is 2. The standard InChI is InChI=1S/C13H17NO4/c1-7(2)5-6-17-14-12(15)10-8-3-4-9(18-8)11(10)13(14)16/h3-4,7-11H,5-6H2,1-2H3/t8-,9-,10-,11-/m1/s1. The molecule has 0 spiro atoms. The molecule has 2 bridgehead atoms. The van der Waals surface area contributed by atoms with Gasteiger partial charge in [0.1, 0.15) is 0 Å². The minimum Gasteiger partial charge on any atom is -0.365 e. The van der Waals surface area contributed by atoms with Gasteiger partial charge in [-0.25, -0.2) is 0 Å². The molecule has 3 aliphatic heterocycles. The van der Waals surface area contributed by atoms with Gasteiger partial charge in [0.05, 0.1) is 30.7 Å². The van der Waals surface area contributed by atoms with Gasteiger partial charge in [0.2, 0.25) is 0 Å². The molecule has 3 rings (SSSR count). The lowest BCUT2D eigenvalue weighted by atomic mass is 9.85. The maximum absolute atomic E-state index is 12.1. The highest BCUT2D eigenvalue weighted by Crippen LogP contribution is 2.45. The van der Waals surface area contributed by atoms with Gasteiger partial charge < -0.3 is 4.74 Å². The molecule has 5 nitrogen and oxygen atoms in total. The molecule has 98 valence electrons. The summed E-state index contributed by atoms with van der Waals surface area (Å²) in [5.41, 5.74) is 0. The van der Waals surface area contributed by atoms with E-state index in [9.17, 15) is 9.59 Å². The van der Waals surface area contributed by atoms with Gasteiger partial charge in [0.25, 0.3) is 11.8 Å². The third kappa shape index (κ3) is 1.61. The van der Waals surface area contributed by atoms with E-state index in [0.29, 0.717) is 12.5 Å². The maximum Gasteiger partial charge on any atom is 0.260 e. The first-order chi connectivity index (χ1) is 8.59. The normalized spacial score (nSPS) is 37.2. The number of ether oxygens (including phenoxy) is 1. The highest BCUT2D eigenvalue weighted by molar-refractivity contribution is 6.05. The van der Waals surface area contributed by atoms with Crippen LogP contribution in [0.4, 0.5) is 0 Å². The van der Waals surface area contributed by atoms with Crippen molar-refractivity contribution in [3.8, 4) is 0 Å². The first kappa shape index (κ1) is 11.9. The van der Waals surface area contributed by atoms with Gasteiger partial charge in [-0.1, -0.05) is 26.0 Å². The van der Waals surface area contributed by atoms with Crippen LogP contribution in [0.3, 0.4) is 0 Å². The third-order valence-corrected chi connectivity index (χ3v) is 3.79. The summed E-state index contributed by atoms with van der Waals surface area (Å²) < 4.78 is 5.54. The molecule has 0 aliphatic carbocycles. The van der Waals surface area contributed by atoms with Gasteiger partial charge in [0.15, 0.2) is 0 Å². The Morgan fingerprint density at radius 1 is 1.22 bits per heavy atom. The molecular weight excluding hydrogens is 234 g/mol. The first-order valence-electron chi connectivity index (χ1n) is 6.44. The Bertz CT molecular complexity index is 387. The Kier molecular flexibility index (Phi) is 2.75. The molecule has 3 aliphatic rings. The largest absolute Gasteiger partial charge is 0.365 e. The van der Waals surface area contributed by atoms with Crippen LogP contribution in [0.15, 0.2) is 12.2 Å². The highest BCUT2D eigenvalue weighted by atomic mass is 16.7. The van der Waals surface area contributed by atoms with Crippen LogP contribution in [0.5, 0.6) is 0 Å². The van der Waals surface area contributed by atoms with Gasteiger partial charge in [-0.15, -0.1) is 0 Å². The quantitative estimate of drug-likeness (QED) is 0.550. The molecule has 5 heteroatoms. The molecule has 0 radical (unpaired) electrons. The van der Waals surface area contributed by atoms with Crippen molar-refractivity contribution in [2.24, 2.45) is 17.8 Å². The predicted octanol–water partition coefficient (Wildman–Crippen LogP) is 0.902. The molecule has 3 heterocycles. The van der Waals surface area contributed by atoms with E-state index >= 15 is 0 Å². The lowest BCUT2D eigenvalue weighted by molar-refractivity contribution is -0.192. The van der Waals surface area contributed by atoms with Crippen molar-refractivity contribution < 1.29 is 19.2 Å². The number of fused-ring (bicyclic) bond motifs is 5. The average molecular weight is 251 g/mol. The predicted molar refractivity (Wildman–Crippen MR) is 62.0 cm³/mol. The zero-order valence-corrected chi connectivity index (χ0v) is 10.5. The van der Waals surface area contributed by atoms with Crippen molar-refractivity contribution in [2.75, 3.05) is 6.61 Å². The fraction of sp³-hybridized carbons (Fsp3) is 0.692. The number of nitrogens with zero attached hydrogens (tertiary/aromatic N) is 1. The molecule has 2 saturated heterocycles. The monoisotopic (exact) mass is 251 g/mol. The van der Waals surface area contributed by atoms with E-state index in [-0.39, 0.29) is 35.9 Å². The molecule has 0 aromatic heterocycles. The molecule has 2 amide bonds. The molecule has 0 aromatic carbocycles. The zero-order chi connectivity index (χ0) is 12.9. The Balaban J connectivity index is 1.68. The van der Waals surface area contributed by atoms with Crippen LogP contribution in [-0.4, -0.2) is 35.7 Å². The van der Waals surface area contributed by atoms with Gasteiger partial charge in [-0.3, -0.25) is 14.4 Å². The van der Waals surface area contributed by atoms with Crippen molar-refractivity contribution in [1.82, 2.24) is 5.06 Å². The van der Waals surface area contributed by atoms with E-state index in [0.717, 1.165) is 11.5 Å². The van der Waals surface area contributed by atoms with Crippen molar-refractivity contribution in [3.05, 3.63) is 12.2 Å². The van der Waals surface area contributed by atoms with Gasteiger partial charge in [-0.05, 0) is 12.3 Å². The van der Waals surface area contributed by atoms with Crippen LogP contribution in [-0.2, 0) is 19.2 Å². The minimum atomic E-state index is -0.369. The van der Waals surface area contributed by atoms with Gasteiger partial charge in [0, 0.05) is 0 Å². The van der Waals surface area contributed by atoms with E-state index in [1.54, 1.807) is 0 Å². The fourth-order valence-electron chi connectivity index (χ4n) is 2.78.